The zero-order chi connectivity index (χ0) is 9.14. The Balaban J connectivity index is 2.82. The number of hydrogen-bond acceptors (Lipinski definition) is 1. The van der Waals surface area contributed by atoms with Crippen LogP contribution in [0.2, 0.25) is 0 Å². The maximum absolute atomic E-state index is 12.0. The van der Waals surface area contributed by atoms with Gasteiger partial charge < -0.3 is 5.11 Å². The zero-order valence-electron chi connectivity index (χ0n) is 6.67. The molecule has 1 nitrogen and oxygen atoms in total. The lowest BCUT2D eigenvalue weighted by molar-refractivity contribution is -0.00578. The van der Waals surface area contributed by atoms with Crippen LogP contribution in [0.1, 0.15) is 17.2 Å². The van der Waals surface area contributed by atoms with Crippen molar-refractivity contribution in [2.45, 2.75) is 19.5 Å². The van der Waals surface area contributed by atoms with Gasteiger partial charge in [-0.2, -0.15) is 0 Å². The predicted octanol–water partition coefficient (Wildman–Crippen LogP) is 2.29. The molecule has 0 saturated carbocycles. The van der Waals surface area contributed by atoms with Crippen LogP contribution >= 0.6 is 0 Å². The predicted molar refractivity (Wildman–Crippen MR) is 42.1 cm³/mol. The van der Waals surface area contributed by atoms with Gasteiger partial charge in [0, 0.05) is 0 Å². The molecule has 1 aromatic rings. The maximum atomic E-state index is 12.0. The van der Waals surface area contributed by atoms with Crippen molar-refractivity contribution in [3.63, 3.8) is 0 Å². The minimum atomic E-state index is -2.72. The summed E-state index contributed by atoms with van der Waals surface area (Å²) < 4.78 is 23.9. The lowest BCUT2D eigenvalue weighted by Crippen LogP contribution is -2.07. The third-order valence-electron chi connectivity index (χ3n) is 1.66. The summed E-state index contributed by atoms with van der Waals surface area (Å²) in [5.74, 6) is 0. The van der Waals surface area contributed by atoms with Gasteiger partial charge in [-0.3, -0.25) is 0 Å². The first-order chi connectivity index (χ1) is 5.61. The molecule has 0 aliphatic heterocycles. The monoisotopic (exact) mass is 172 g/mol. The molecule has 0 unspecified atom stereocenters. The molecule has 3 heteroatoms. The van der Waals surface area contributed by atoms with Crippen LogP contribution in [0.4, 0.5) is 8.78 Å². The third kappa shape index (κ3) is 2.01. The second kappa shape index (κ2) is 3.63. The Morgan fingerprint density at radius 3 is 2.08 bits per heavy atom. The molecule has 0 aliphatic rings. The van der Waals surface area contributed by atoms with Gasteiger partial charge >= 0.3 is 0 Å². The summed E-state index contributed by atoms with van der Waals surface area (Å²) in [6.07, 6.45) is -4.38. The lowest BCUT2D eigenvalue weighted by atomic mass is 10.1. The summed E-state index contributed by atoms with van der Waals surface area (Å²) in [6.45, 7) is 1.86. The number of benzene rings is 1. The second-order valence-corrected chi connectivity index (χ2v) is 2.69. The fourth-order valence-corrected chi connectivity index (χ4v) is 0.909. The van der Waals surface area contributed by atoms with E-state index in [2.05, 4.69) is 0 Å². The Morgan fingerprint density at radius 2 is 1.67 bits per heavy atom. The van der Waals surface area contributed by atoms with E-state index in [9.17, 15) is 8.78 Å². The van der Waals surface area contributed by atoms with Crippen LogP contribution in [0.25, 0.3) is 0 Å². The standard InChI is InChI=1S/C9H10F2O/c1-6-2-4-7(5-3-6)8(12)9(10)11/h2-5,8-9,12H,1H3/t8-/m1/s1. The molecule has 0 heterocycles. The van der Waals surface area contributed by atoms with Gasteiger partial charge in [0.05, 0.1) is 0 Å². The van der Waals surface area contributed by atoms with Gasteiger partial charge in [-0.25, -0.2) is 8.78 Å². The molecule has 0 radical (unpaired) electrons. The van der Waals surface area contributed by atoms with Crippen LogP contribution in [0.5, 0.6) is 0 Å². The number of aryl methyl sites for hydroxylation is 1. The highest BCUT2D eigenvalue weighted by Gasteiger charge is 2.18. The van der Waals surface area contributed by atoms with Crippen molar-refractivity contribution in [2.75, 3.05) is 0 Å². The van der Waals surface area contributed by atoms with E-state index in [0.717, 1.165) is 5.56 Å². The Labute approximate surface area is 69.7 Å². The number of aliphatic hydroxyl groups excluding tert-OH is 1. The van der Waals surface area contributed by atoms with Gasteiger partial charge in [-0.05, 0) is 12.5 Å². The van der Waals surface area contributed by atoms with Crippen molar-refractivity contribution in [2.24, 2.45) is 0 Å². The summed E-state index contributed by atoms with van der Waals surface area (Å²) in [7, 11) is 0. The van der Waals surface area contributed by atoms with E-state index in [-0.39, 0.29) is 5.56 Å². The lowest BCUT2D eigenvalue weighted by Gasteiger charge is -2.09. The van der Waals surface area contributed by atoms with Crippen LogP contribution < -0.4 is 0 Å². The molecule has 0 aliphatic carbocycles. The fraction of sp³-hybridized carbons (Fsp3) is 0.333. The van der Waals surface area contributed by atoms with Gasteiger partial charge in [0.25, 0.3) is 6.43 Å². The van der Waals surface area contributed by atoms with E-state index >= 15 is 0 Å². The molecule has 12 heavy (non-hydrogen) atoms. The van der Waals surface area contributed by atoms with Crippen LogP contribution in [-0.2, 0) is 0 Å². The highest BCUT2D eigenvalue weighted by atomic mass is 19.3. The number of aliphatic hydroxyl groups is 1. The third-order valence-corrected chi connectivity index (χ3v) is 1.66. The molecule has 1 aromatic carbocycles. The SMILES string of the molecule is Cc1ccc([C@@H](O)C(F)F)cc1. The number of halogens is 2. The normalized spacial score (nSPS) is 13.4. The number of rotatable bonds is 2. The molecule has 66 valence electrons. The van der Waals surface area contributed by atoms with E-state index in [1.165, 1.54) is 12.1 Å². The van der Waals surface area contributed by atoms with Crippen molar-refractivity contribution in [3.8, 4) is 0 Å². The Hall–Kier alpha value is -0.960. The molecule has 0 amide bonds. The Morgan fingerprint density at radius 1 is 1.17 bits per heavy atom. The van der Waals surface area contributed by atoms with E-state index < -0.39 is 12.5 Å². The van der Waals surface area contributed by atoms with E-state index in [0.29, 0.717) is 0 Å². The van der Waals surface area contributed by atoms with Gasteiger partial charge in [0.15, 0.2) is 0 Å². The molecule has 0 saturated heterocycles. The van der Waals surface area contributed by atoms with Crippen LogP contribution in [0, 0.1) is 6.92 Å². The van der Waals surface area contributed by atoms with Crippen LogP contribution in [0.3, 0.4) is 0 Å². The molecule has 0 bridgehead atoms. The molecule has 0 spiro atoms. The summed E-state index contributed by atoms with van der Waals surface area (Å²) in [5.41, 5.74) is 1.25. The first-order valence-corrected chi connectivity index (χ1v) is 3.64. The minimum absolute atomic E-state index is 0.260. The number of hydrogen-bond donors (Lipinski definition) is 1. The molecular formula is C9H10F2O. The van der Waals surface area contributed by atoms with Gasteiger partial charge in [-0.1, -0.05) is 29.8 Å². The Bertz CT molecular complexity index is 243. The molecule has 1 atom stereocenters. The molecule has 0 aromatic heterocycles. The zero-order valence-corrected chi connectivity index (χ0v) is 6.67. The van der Waals surface area contributed by atoms with Crippen molar-refractivity contribution in [1.29, 1.82) is 0 Å². The van der Waals surface area contributed by atoms with Gasteiger partial charge in [0.1, 0.15) is 6.10 Å². The van der Waals surface area contributed by atoms with Crippen LogP contribution in [0.15, 0.2) is 24.3 Å². The molecule has 0 fully saturated rings. The second-order valence-electron chi connectivity index (χ2n) is 2.69. The first-order valence-electron chi connectivity index (χ1n) is 3.64. The summed E-state index contributed by atoms with van der Waals surface area (Å²) in [5, 5.41) is 8.94. The first kappa shape index (κ1) is 9.13. The minimum Gasteiger partial charge on any atom is -0.382 e. The topological polar surface area (TPSA) is 20.2 Å². The average Bonchev–Trinajstić information content (AvgIpc) is 2.04. The highest BCUT2D eigenvalue weighted by molar-refractivity contribution is 5.23. The summed E-state index contributed by atoms with van der Waals surface area (Å²) >= 11 is 0. The van der Waals surface area contributed by atoms with Crippen molar-refractivity contribution >= 4 is 0 Å². The van der Waals surface area contributed by atoms with Crippen LogP contribution in [-0.4, -0.2) is 11.5 Å². The largest absolute Gasteiger partial charge is 0.382 e. The van der Waals surface area contributed by atoms with Crippen molar-refractivity contribution in [3.05, 3.63) is 35.4 Å². The number of alkyl halides is 2. The molecule has 1 N–H and O–H groups in total. The molecule has 1 rings (SSSR count). The van der Waals surface area contributed by atoms with Crippen molar-refractivity contribution < 1.29 is 13.9 Å². The fourth-order valence-electron chi connectivity index (χ4n) is 0.909. The Kier molecular flexibility index (Phi) is 2.76. The summed E-state index contributed by atoms with van der Waals surface area (Å²) in [4.78, 5) is 0. The average molecular weight is 172 g/mol. The van der Waals surface area contributed by atoms with E-state index in [4.69, 9.17) is 5.11 Å². The summed E-state index contributed by atoms with van der Waals surface area (Å²) in [6, 6.07) is 6.40. The maximum Gasteiger partial charge on any atom is 0.268 e. The highest BCUT2D eigenvalue weighted by Crippen LogP contribution is 2.20. The van der Waals surface area contributed by atoms with E-state index in [1.807, 2.05) is 6.92 Å². The van der Waals surface area contributed by atoms with Gasteiger partial charge in [0.2, 0.25) is 0 Å². The quantitative estimate of drug-likeness (QED) is 0.725. The molecular weight excluding hydrogens is 162 g/mol. The van der Waals surface area contributed by atoms with Crippen molar-refractivity contribution in [1.82, 2.24) is 0 Å². The van der Waals surface area contributed by atoms with Gasteiger partial charge in [-0.15, -0.1) is 0 Å². The smallest absolute Gasteiger partial charge is 0.268 e. The van der Waals surface area contributed by atoms with E-state index in [1.54, 1.807) is 12.1 Å².